The standard InChI is InChI=1S/C14H10F3N3O/c1-2-13(21)20-14-10(17)5-9(16)6-11(14)19-12-4-3-8(15)7-18-12/h2-7H,1H2,(H,18,19)(H,20,21)/i3D. The Hall–Kier alpha value is -2.83. The number of hydrogen-bond acceptors (Lipinski definition) is 3. The normalized spacial score (nSPS) is 10.7. The van der Waals surface area contributed by atoms with Gasteiger partial charge in [0.25, 0.3) is 0 Å². The van der Waals surface area contributed by atoms with Gasteiger partial charge in [-0.15, -0.1) is 0 Å². The highest BCUT2D eigenvalue weighted by Gasteiger charge is 2.13. The lowest BCUT2D eigenvalue weighted by molar-refractivity contribution is -0.111. The maximum absolute atomic E-state index is 13.8. The molecule has 4 nitrogen and oxygen atoms in total. The zero-order valence-electron chi connectivity index (χ0n) is 11.6. The van der Waals surface area contributed by atoms with Gasteiger partial charge in [-0.05, 0) is 24.3 Å². The summed E-state index contributed by atoms with van der Waals surface area (Å²) in [6.45, 7) is 3.23. The number of aromatic nitrogens is 1. The zero-order valence-corrected chi connectivity index (χ0v) is 10.6. The van der Waals surface area contributed by atoms with Gasteiger partial charge in [0.1, 0.15) is 23.1 Å². The van der Waals surface area contributed by atoms with Gasteiger partial charge in [-0.25, -0.2) is 18.2 Å². The van der Waals surface area contributed by atoms with Crippen molar-refractivity contribution in [1.29, 1.82) is 0 Å². The fraction of sp³-hybridized carbons (Fsp3) is 0. The van der Waals surface area contributed by atoms with Gasteiger partial charge in [0.2, 0.25) is 5.91 Å². The summed E-state index contributed by atoms with van der Waals surface area (Å²) in [5.74, 6) is -3.43. The van der Waals surface area contributed by atoms with E-state index in [1.807, 2.05) is 0 Å². The molecule has 0 aliphatic heterocycles. The molecular weight excluding hydrogens is 283 g/mol. The summed E-state index contributed by atoms with van der Waals surface area (Å²) in [5.41, 5.74) is -0.449. The summed E-state index contributed by atoms with van der Waals surface area (Å²) in [6.07, 6.45) is 1.72. The number of carbonyl (C=O) groups excluding carboxylic acids is 1. The monoisotopic (exact) mass is 294 g/mol. The van der Waals surface area contributed by atoms with E-state index in [4.69, 9.17) is 1.37 Å². The molecule has 2 aromatic rings. The molecule has 1 aromatic heterocycles. The van der Waals surface area contributed by atoms with Crippen LogP contribution >= 0.6 is 0 Å². The first-order valence-corrected chi connectivity index (χ1v) is 5.72. The van der Waals surface area contributed by atoms with Crippen LogP contribution < -0.4 is 10.6 Å². The molecule has 0 aliphatic rings. The number of benzene rings is 1. The molecule has 0 unspecified atom stereocenters. The van der Waals surface area contributed by atoms with Crippen LogP contribution in [-0.4, -0.2) is 10.9 Å². The van der Waals surface area contributed by atoms with E-state index < -0.39 is 29.4 Å². The van der Waals surface area contributed by atoms with Crippen molar-refractivity contribution < 1.29 is 19.3 Å². The summed E-state index contributed by atoms with van der Waals surface area (Å²) < 4.78 is 47.5. The van der Waals surface area contributed by atoms with Gasteiger partial charge < -0.3 is 10.6 Å². The van der Waals surface area contributed by atoms with Crippen LogP contribution in [0.15, 0.2) is 43.1 Å². The quantitative estimate of drug-likeness (QED) is 0.850. The Morgan fingerprint density at radius 1 is 1.33 bits per heavy atom. The molecule has 2 N–H and O–H groups in total. The predicted octanol–water partition coefficient (Wildman–Crippen LogP) is 3.37. The molecule has 1 amide bonds. The first-order chi connectivity index (χ1) is 10.4. The van der Waals surface area contributed by atoms with Crippen molar-refractivity contribution in [3.63, 3.8) is 0 Å². The number of hydrogen-bond donors (Lipinski definition) is 2. The number of carbonyl (C=O) groups is 1. The van der Waals surface area contributed by atoms with Crippen LogP contribution in [0.3, 0.4) is 0 Å². The van der Waals surface area contributed by atoms with Gasteiger partial charge in [0.05, 0.1) is 13.3 Å². The van der Waals surface area contributed by atoms with Crippen molar-refractivity contribution in [3.05, 3.63) is 60.5 Å². The Bertz CT molecular complexity index is 752. The van der Waals surface area contributed by atoms with Gasteiger partial charge in [0.15, 0.2) is 5.82 Å². The molecule has 0 saturated carbocycles. The highest BCUT2D eigenvalue weighted by atomic mass is 19.1. The van der Waals surface area contributed by atoms with Crippen LogP contribution in [0.2, 0.25) is 0 Å². The van der Waals surface area contributed by atoms with E-state index in [0.29, 0.717) is 6.07 Å². The minimum absolute atomic E-state index is 0.00879. The molecule has 0 atom stereocenters. The largest absolute Gasteiger partial charge is 0.338 e. The van der Waals surface area contributed by atoms with Crippen LogP contribution in [0, 0.1) is 17.5 Å². The van der Waals surface area contributed by atoms with Crippen LogP contribution in [-0.2, 0) is 4.79 Å². The highest BCUT2D eigenvalue weighted by Crippen LogP contribution is 2.29. The molecule has 108 valence electrons. The Balaban J connectivity index is 2.41. The van der Waals surface area contributed by atoms with E-state index in [9.17, 15) is 18.0 Å². The number of nitrogens with one attached hydrogen (secondary N) is 2. The van der Waals surface area contributed by atoms with Crippen LogP contribution in [0.4, 0.5) is 30.4 Å². The lowest BCUT2D eigenvalue weighted by Crippen LogP contribution is -2.11. The summed E-state index contributed by atoms with van der Waals surface area (Å²) in [6, 6.07) is 2.12. The smallest absolute Gasteiger partial charge is 0.247 e. The maximum Gasteiger partial charge on any atom is 0.247 e. The zero-order chi connectivity index (χ0) is 16.3. The third-order valence-electron chi connectivity index (χ3n) is 2.42. The fourth-order valence-electron chi connectivity index (χ4n) is 1.52. The number of halogens is 3. The molecule has 21 heavy (non-hydrogen) atoms. The highest BCUT2D eigenvalue weighted by molar-refractivity contribution is 6.01. The molecule has 1 heterocycles. The molecule has 0 fully saturated rings. The molecule has 0 radical (unpaired) electrons. The molecule has 0 aliphatic carbocycles. The number of pyridine rings is 1. The Morgan fingerprint density at radius 3 is 2.76 bits per heavy atom. The minimum Gasteiger partial charge on any atom is -0.338 e. The van der Waals surface area contributed by atoms with E-state index >= 15 is 0 Å². The number of rotatable bonds is 4. The average molecular weight is 294 g/mol. The summed E-state index contributed by atoms with van der Waals surface area (Å²) in [7, 11) is 0. The lowest BCUT2D eigenvalue weighted by Gasteiger charge is -2.13. The van der Waals surface area contributed by atoms with Gasteiger partial charge in [-0.2, -0.15) is 0 Å². The Morgan fingerprint density at radius 2 is 2.10 bits per heavy atom. The summed E-state index contributed by atoms with van der Waals surface area (Å²) in [4.78, 5) is 15.0. The maximum atomic E-state index is 13.8. The Labute approximate surface area is 119 Å². The van der Waals surface area contributed by atoms with Crippen LogP contribution in [0.1, 0.15) is 1.37 Å². The third kappa shape index (κ3) is 3.59. The van der Waals surface area contributed by atoms with Crippen LogP contribution in [0.25, 0.3) is 0 Å². The SMILES string of the molecule is [2H]c1cc(Nc2cc(F)cc(F)c2NC(=O)C=C)ncc1F. The second-order valence-corrected chi connectivity index (χ2v) is 3.91. The van der Waals surface area contributed by atoms with Gasteiger partial charge in [-0.1, -0.05) is 6.58 Å². The van der Waals surface area contributed by atoms with Crippen molar-refractivity contribution in [2.75, 3.05) is 10.6 Å². The van der Waals surface area contributed by atoms with Crippen molar-refractivity contribution in [2.45, 2.75) is 0 Å². The number of amides is 1. The number of anilines is 3. The van der Waals surface area contributed by atoms with Gasteiger partial charge in [0, 0.05) is 6.07 Å². The first-order valence-electron chi connectivity index (χ1n) is 6.22. The molecule has 0 saturated heterocycles. The van der Waals surface area contributed by atoms with E-state index in [1.165, 1.54) is 0 Å². The third-order valence-corrected chi connectivity index (χ3v) is 2.42. The predicted molar refractivity (Wildman–Crippen MR) is 72.7 cm³/mol. The molecule has 2 rings (SSSR count). The molecular formula is C14H10F3N3O. The Kier molecular flexibility index (Phi) is 3.81. The van der Waals surface area contributed by atoms with E-state index in [1.54, 1.807) is 0 Å². The molecule has 0 spiro atoms. The van der Waals surface area contributed by atoms with Gasteiger partial charge in [-0.3, -0.25) is 4.79 Å². The summed E-state index contributed by atoms with van der Waals surface area (Å²) in [5, 5.41) is 4.72. The second kappa shape index (κ2) is 6.08. The fourth-order valence-corrected chi connectivity index (χ4v) is 1.52. The van der Waals surface area contributed by atoms with Crippen molar-refractivity contribution in [1.82, 2.24) is 4.98 Å². The number of nitrogens with zero attached hydrogens (tertiary/aromatic N) is 1. The average Bonchev–Trinajstić information content (AvgIpc) is 2.46. The van der Waals surface area contributed by atoms with E-state index in [0.717, 1.165) is 24.4 Å². The topological polar surface area (TPSA) is 54.0 Å². The van der Waals surface area contributed by atoms with E-state index in [-0.39, 0.29) is 17.2 Å². The molecule has 1 aromatic carbocycles. The summed E-state index contributed by atoms with van der Waals surface area (Å²) >= 11 is 0. The van der Waals surface area contributed by atoms with Crippen LogP contribution in [0.5, 0.6) is 0 Å². The van der Waals surface area contributed by atoms with Crippen molar-refractivity contribution in [3.8, 4) is 0 Å². The first kappa shape index (κ1) is 13.2. The molecule has 7 heteroatoms. The lowest BCUT2D eigenvalue weighted by atomic mass is 10.2. The van der Waals surface area contributed by atoms with Crippen molar-refractivity contribution >= 4 is 23.1 Å². The molecule has 0 bridgehead atoms. The minimum atomic E-state index is -1.01. The van der Waals surface area contributed by atoms with Crippen molar-refractivity contribution in [2.24, 2.45) is 0 Å². The second-order valence-electron chi connectivity index (χ2n) is 3.91. The van der Waals surface area contributed by atoms with Gasteiger partial charge >= 0.3 is 0 Å². The van der Waals surface area contributed by atoms with E-state index in [2.05, 4.69) is 22.2 Å².